The van der Waals surface area contributed by atoms with Crippen molar-refractivity contribution in [1.82, 2.24) is 20.4 Å². The molecule has 2 heterocycles. The van der Waals surface area contributed by atoms with E-state index in [-0.39, 0.29) is 42.5 Å². The highest BCUT2D eigenvalue weighted by Gasteiger charge is 2.34. The van der Waals surface area contributed by atoms with E-state index in [1.54, 1.807) is 0 Å². The Labute approximate surface area is 163 Å². The average Bonchev–Trinajstić information content (AvgIpc) is 2.94. The Hall–Kier alpha value is -0.600. The molecule has 0 saturated carbocycles. The Kier molecular flexibility index (Phi) is 13.3. The van der Waals surface area contributed by atoms with Gasteiger partial charge in [0.25, 0.3) is 0 Å². The predicted octanol–water partition coefficient (Wildman–Crippen LogP) is 0.127. The van der Waals surface area contributed by atoms with E-state index in [9.17, 15) is 9.59 Å². The van der Waals surface area contributed by atoms with Gasteiger partial charge in [-0.25, -0.2) is 0 Å². The lowest BCUT2D eigenvalue weighted by Crippen LogP contribution is -2.42. The van der Waals surface area contributed by atoms with Crippen molar-refractivity contribution in [2.75, 3.05) is 65.6 Å². The monoisotopic (exact) mass is 398 g/mol. The van der Waals surface area contributed by atoms with Gasteiger partial charge in [-0.1, -0.05) is 6.92 Å². The molecule has 1 atom stereocenters. The van der Waals surface area contributed by atoms with Gasteiger partial charge in [0.2, 0.25) is 11.8 Å². The molecule has 148 valence electrons. The average molecular weight is 399 g/mol. The van der Waals surface area contributed by atoms with Crippen LogP contribution in [0, 0.1) is 5.92 Å². The Morgan fingerprint density at radius 1 is 1.16 bits per heavy atom. The molecular weight excluding hydrogens is 367 g/mol. The van der Waals surface area contributed by atoms with Gasteiger partial charge < -0.3 is 20.3 Å². The van der Waals surface area contributed by atoms with Crippen LogP contribution in [-0.4, -0.2) is 87.2 Å². The zero-order valence-corrected chi connectivity index (χ0v) is 16.6. The van der Waals surface area contributed by atoms with E-state index in [1.165, 1.54) is 0 Å². The molecule has 2 aliphatic rings. The van der Waals surface area contributed by atoms with Crippen LogP contribution in [0.15, 0.2) is 0 Å². The van der Waals surface area contributed by atoms with Crippen molar-refractivity contribution in [2.45, 2.75) is 19.8 Å². The number of rotatable bonds is 9. The number of carbonyl (C=O) groups is 2. The number of hydrogen-bond donors (Lipinski definition) is 2. The van der Waals surface area contributed by atoms with E-state index in [0.29, 0.717) is 26.1 Å². The van der Waals surface area contributed by atoms with Crippen LogP contribution < -0.4 is 10.6 Å². The molecule has 0 aromatic heterocycles. The summed E-state index contributed by atoms with van der Waals surface area (Å²) in [5.41, 5.74) is 0. The quantitative estimate of drug-likeness (QED) is 0.539. The maximum atomic E-state index is 12.1. The van der Waals surface area contributed by atoms with Gasteiger partial charge in [0.15, 0.2) is 0 Å². The summed E-state index contributed by atoms with van der Waals surface area (Å²) in [7, 11) is 0. The Bertz CT molecular complexity index is 396. The first-order chi connectivity index (χ1) is 11.2. The number of hydrogen-bond acceptors (Lipinski definition) is 5. The zero-order chi connectivity index (χ0) is 16.5. The van der Waals surface area contributed by atoms with Crippen molar-refractivity contribution in [3.05, 3.63) is 0 Å². The summed E-state index contributed by atoms with van der Waals surface area (Å²) in [6.45, 7) is 10.00. The molecule has 2 fully saturated rings. The lowest BCUT2D eigenvalue weighted by Gasteiger charge is -2.28. The molecule has 9 heteroatoms. The fourth-order valence-electron chi connectivity index (χ4n) is 2.97. The van der Waals surface area contributed by atoms with Crippen LogP contribution in [0.3, 0.4) is 0 Å². The number of nitrogens with zero attached hydrogens (tertiary/aromatic N) is 2. The maximum absolute atomic E-state index is 12.1. The van der Waals surface area contributed by atoms with E-state index in [4.69, 9.17) is 4.74 Å². The third kappa shape index (κ3) is 8.55. The molecule has 7 nitrogen and oxygen atoms in total. The fourth-order valence-corrected chi connectivity index (χ4v) is 2.97. The molecule has 0 aromatic carbocycles. The van der Waals surface area contributed by atoms with Crippen LogP contribution in [0.2, 0.25) is 0 Å². The summed E-state index contributed by atoms with van der Waals surface area (Å²) in [6.07, 6.45) is 1.43. The lowest BCUT2D eigenvalue weighted by atomic mass is 10.1. The largest absolute Gasteiger partial charge is 0.379 e. The normalized spacial score (nSPS) is 20.8. The molecule has 2 rings (SSSR count). The Balaban J connectivity index is 0.00000288. The van der Waals surface area contributed by atoms with Crippen LogP contribution in [0.1, 0.15) is 19.8 Å². The van der Waals surface area contributed by atoms with Gasteiger partial charge in [-0.05, 0) is 13.0 Å². The van der Waals surface area contributed by atoms with Crippen LogP contribution >= 0.6 is 24.8 Å². The summed E-state index contributed by atoms with van der Waals surface area (Å²) in [5, 5.41) is 6.17. The number of morpholine rings is 1. The molecule has 0 radical (unpaired) electrons. The molecule has 2 N–H and O–H groups in total. The summed E-state index contributed by atoms with van der Waals surface area (Å²) in [5.74, 6) is -0.0913. The third-order valence-corrected chi connectivity index (χ3v) is 4.40. The molecule has 2 amide bonds. The van der Waals surface area contributed by atoms with Crippen molar-refractivity contribution in [3.63, 3.8) is 0 Å². The molecule has 0 spiro atoms. The van der Waals surface area contributed by atoms with Crippen LogP contribution in [0.4, 0.5) is 0 Å². The van der Waals surface area contributed by atoms with Crippen LogP contribution in [-0.2, 0) is 14.3 Å². The fraction of sp³-hybridized carbons (Fsp3) is 0.875. The number of amides is 2. The van der Waals surface area contributed by atoms with Crippen molar-refractivity contribution in [2.24, 2.45) is 5.92 Å². The van der Waals surface area contributed by atoms with E-state index in [0.717, 1.165) is 52.4 Å². The van der Waals surface area contributed by atoms with Crippen molar-refractivity contribution in [3.8, 4) is 0 Å². The highest BCUT2D eigenvalue weighted by Crippen LogP contribution is 2.17. The molecular formula is C16H32Cl2N4O3. The first-order valence-electron chi connectivity index (χ1n) is 8.77. The summed E-state index contributed by atoms with van der Waals surface area (Å²) < 4.78 is 5.32. The second-order valence-electron chi connectivity index (χ2n) is 6.24. The standard InChI is InChI=1S/C16H30N4O3.2ClH/c1-2-3-17-4-5-18-16(22)14-12-15(21)20(13-14)7-6-19-8-10-23-11-9-19;;/h14,17H,2-13H2,1H3,(H,18,22);2*1H. The zero-order valence-electron chi connectivity index (χ0n) is 15.0. The van der Waals surface area contributed by atoms with Crippen LogP contribution in [0.5, 0.6) is 0 Å². The minimum atomic E-state index is -0.196. The topological polar surface area (TPSA) is 73.9 Å². The molecule has 2 saturated heterocycles. The number of likely N-dealkylation sites (tertiary alicyclic amines) is 1. The van der Waals surface area contributed by atoms with E-state index in [2.05, 4.69) is 22.5 Å². The first-order valence-corrected chi connectivity index (χ1v) is 8.77. The number of carbonyl (C=O) groups excluding carboxylic acids is 2. The van der Waals surface area contributed by atoms with Crippen molar-refractivity contribution in [1.29, 1.82) is 0 Å². The van der Waals surface area contributed by atoms with Gasteiger partial charge in [0, 0.05) is 52.2 Å². The highest BCUT2D eigenvalue weighted by molar-refractivity contribution is 5.89. The van der Waals surface area contributed by atoms with Gasteiger partial charge in [-0.15, -0.1) is 24.8 Å². The molecule has 0 bridgehead atoms. The second-order valence-corrected chi connectivity index (χ2v) is 6.24. The van der Waals surface area contributed by atoms with Crippen molar-refractivity contribution >= 4 is 36.6 Å². The summed E-state index contributed by atoms with van der Waals surface area (Å²) >= 11 is 0. The number of halogens is 2. The molecule has 2 aliphatic heterocycles. The van der Waals surface area contributed by atoms with E-state index >= 15 is 0 Å². The summed E-state index contributed by atoms with van der Waals surface area (Å²) in [4.78, 5) is 28.3. The first kappa shape index (κ1) is 24.4. The second kappa shape index (κ2) is 13.6. The van der Waals surface area contributed by atoms with Gasteiger partial charge in [0.1, 0.15) is 0 Å². The van der Waals surface area contributed by atoms with Gasteiger partial charge in [0.05, 0.1) is 19.1 Å². The molecule has 25 heavy (non-hydrogen) atoms. The minimum Gasteiger partial charge on any atom is -0.379 e. The van der Waals surface area contributed by atoms with Gasteiger partial charge >= 0.3 is 0 Å². The number of nitrogens with one attached hydrogen (secondary N) is 2. The number of ether oxygens (including phenoxy) is 1. The van der Waals surface area contributed by atoms with Crippen molar-refractivity contribution < 1.29 is 14.3 Å². The maximum Gasteiger partial charge on any atom is 0.225 e. The summed E-state index contributed by atoms with van der Waals surface area (Å²) in [6, 6.07) is 0. The van der Waals surface area contributed by atoms with Crippen LogP contribution in [0.25, 0.3) is 0 Å². The molecule has 0 aliphatic carbocycles. The van der Waals surface area contributed by atoms with E-state index < -0.39 is 0 Å². The Morgan fingerprint density at radius 2 is 1.88 bits per heavy atom. The Morgan fingerprint density at radius 3 is 2.56 bits per heavy atom. The molecule has 0 aromatic rings. The predicted molar refractivity (Wildman–Crippen MR) is 103 cm³/mol. The lowest BCUT2D eigenvalue weighted by molar-refractivity contribution is -0.129. The van der Waals surface area contributed by atoms with Gasteiger partial charge in [-0.2, -0.15) is 0 Å². The molecule has 1 unspecified atom stereocenters. The SMILES string of the molecule is CCCNCCNC(=O)C1CC(=O)N(CCN2CCOCC2)C1.Cl.Cl. The minimum absolute atomic E-state index is 0. The smallest absolute Gasteiger partial charge is 0.225 e. The van der Waals surface area contributed by atoms with Gasteiger partial charge in [-0.3, -0.25) is 14.5 Å². The third-order valence-electron chi connectivity index (χ3n) is 4.40. The van der Waals surface area contributed by atoms with E-state index in [1.807, 2.05) is 4.90 Å². The highest BCUT2D eigenvalue weighted by atomic mass is 35.5.